The molecule has 3 fully saturated rings. The molecule has 2 aliphatic carbocycles. The number of methoxy groups -OCH3 is 1. The number of rotatable bonds is 5. The molecule has 20 heavy (non-hydrogen) atoms. The van der Waals surface area contributed by atoms with Crippen molar-refractivity contribution in [3.8, 4) is 0 Å². The fourth-order valence-electron chi connectivity index (χ4n) is 3.74. The van der Waals surface area contributed by atoms with Crippen LogP contribution in [0.5, 0.6) is 0 Å². The number of carbonyl (C=O) groups is 1. The number of carbonyl (C=O) groups excluding carboxylic acids is 1. The Hall–Kier alpha value is -0.610. The highest BCUT2D eigenvalue weighted by Crippen LogP contribution is 2.35. The Labute approximate surface area is 122 Å². The standard InChI is InChI=1S/C16H28N2O2/c1-11-3-6-15(11)18-9-13(16(19)20-2)7-14(10-18)17-8-12-4-5-12/h11-15,17H,3-10H2,1-2H3. The van der Waals surface area contributed by atoms with Gasteiger partial charge in [-0.1, -0.05) is 6.92 Å². The number of hydrogen-bond donors (Lipinski definition) is 1. The van der Waals surface area contributed by atoms with E-state index in [1.807, 2.05) is 0 Å². The molecule has 0 amide bonds. The molecule has 0 spiro atoms. The molecule has 0 radical (unpaired) electrons. The van der Waals surface area contributed by atoms with Gasteiger partial charge in [0.05, 0.1) is 13.0 Å². The summed E-state index contributed by atoms with van der Waals surface area (Å²) in [5, 5.41) is 3.69. The fourth-order valence-corrected chi connectivity index (χ4v) is 3.74. The summed E-state index contributed by atoms with van der Waals surface area (Å²) in [5.74, 6) is 1.71. The lowest BCUT2D eigenvalue weighted by Gasteiger charge is -2.48. The van der Waals surface area contributed by atoms with Gasteiger partial charge in [0, 0.05) is 25.2 Å². The maximum Gasteiger partial charge on any atom is 0.310 e. The number of piperidine rings is 1. The Morgan fingerprint density at radius 1 is 1.25 bits per heavy atom. The smallest absolute Gasteiger partial charge is 0.310 e. The zero-order valence-electron chi connectivity index (χ0n) is 12.8. The Morgan fingerprint density at radius 2 is 2.05 bits per heavy atom. The van der Waals surface area contributed by atoms with E-state index in [0.717, 1.165) is 37.9 Å². The minimum Gasteiger partial charge on any atom is -0.469 e. The van der Waals surface area contributed by atoms with Crippen LogP contribution < -0.4 is 5.32 Å². The van der Waals surface area contributed by atoms with Gasteiger partial charge in [0.1, 0.15) is 0 Å². The predicted octanol–water partition coefficient (Wildman–Crippen LogP) is 1.65. The topological polar surface area (TPSA) is 41.6 Å². The Bertz CT molecular complexity index is 356. The number of hydrogen-bond acceptors (Lipinski definition) is 4. The second-order valence-electron chi connectivity index (χ2n) is 7.08. The van der Waals surface area contributed by atoms with Crippen LogP contribution in [0.15, 0.2) is 0 Å². The van der Waals surface area contributed by atoms with Gasteiger partial charge in [-0.2, -0.15) is 0 Å². The van der Waals surface area contributed by atoms with Gasteiger partial charge in [-0.05, 0) is 50.5 Å². The van der Waals surface area contributed by atoms with Crippen LogP contribution in [0.1, 0.15) is 39.0 Å². The average Bonchev–Trinajstić information content (AvgIpc) is 3.26. The molecule has 4 unspecified atom stereocenters. The summed E-state index contributed by atoms with van der Waals surface area (Å²) in [6.45, 7) is 5.47. The molecule has 0 aromatic carbocycles. The lowest BCUT2D eigenvalue weighted by atomic mass is 9.78. The third-order valence-corrected chi connectivity index (χ3v) is 5.45. The zero-order valence-corrected chi connectivity index (χ0v) is 12.8. The lowest BCUT2D eigenvalue weighted by Crippen LogP contribution is -2.58. The molecular weight excluding hydrogens is 252 g/mol. The highest BCUT2D eigenvalue weighted by molar-refractivity contribution is 5.72. The van der Waals surface area contributed by atoms with Gasteiger partial charge in [-0.15, -0.1) is 0 Å². The van der Waals surface area contributed by atoms with Crippen LogP contribution in [0.2, 0.25) is 0 Å². The van der Waals surface area contributed by atoms with Gasteiger partial charge in [0.15, 0.2) is 0 Å². The van der Waals surface area contributed by atoms with Crippen LogP contribution in [0, 0.1) is 17.8 Å². The van der Waals surface area contributed by atoms with Gasteiger partial charge in [0.2, 0.25) is 0 Å². The zero-order chi connectivity index (χ0) is 14.1. The molecular formula is C16H28N2O2. The fraction of sp³-hybridized carbons (Fsp3) is 0.938. The van der Waals surface area contributed by atoms with Crippen molar-refractivity contribution in [3.63, 3.8) is 0 Å². The highest BCUT2D eigenvalue weighted by Gasteiger charge is 2.40. The van der Waals surface area contributed by atoms with E-state index in [1.165, 1.54) is 32.8 Å². The van der Waals surface area contributed by atoms with E-state index in [1.54, 1.807) is 0 Å². The lowest BCUT2D eigenvalue weighted by molar-refractivity contribution is -0.148. The summed E-state index contributed by atoms with van der Waals surface area (Å²) in [4.78, 5) is 14.5. The molecule has 1 aliphatic heterocycles. The second-order valence-corrected chi connectivity index (χ2v) is 7.08. The van der Waals surface area contributed by atoms with Crippen molar-refractivity contribution in [1.82, 2.24) is 10.2 Å². The van der Waals surface area contributed by atoms with E-state index >= 15 is 0 Å². The summed E-state index contributed by atoms with van der Waals surface area (Å²) < 4.78 is 4.99. The second kappa shape index (κ2) is 6.02. The summed E-state index contributed by atoms with van der Waals surface area (Å²) in [6, 6.07) is 1.15. The number of ether oxygens (including phenoxy) is 1. The van der Waals surface area contributed by atoms with Crippen LogP contribution >= 0.6 is 0 Å². The Morgan fingerprint density at radius 3 is 2.60 bits per heavy atom. The quantitative estimate of drug-likeness (QED) is 0.778. The molecule has 3 rings (SSSR count). The normalized spacial score (nSPS) is 38.3. The first-order valence-electron chi connectivity index (χ1n) is 8.22. The predicted molar refractivity (Wildman–Crippen MR) is 78.4 cm³/mol. The molecule has 0 aromatic rings. The first kappa shape index (κ1) is 14.3. The molecule has 3 aliphatic rings. The van der Waals surface area contributed by atoms with E-state index in [0.29, 0.717) is 12.1 Å². The van der Waals surface area contributed by atoms with Crippen LogP contribution in [0.4, 0.5) is 0 Å². The molecule has 0 bridgehead atoms. The summed E-state index contributed by atoms with van der Waals surface area (Å²) >= 11 is 0. The van der Waals surface area contributed by atoms with Crippen molar-refractivity contribution in [1.29, 1.82) is 0 Å². The number of likely N-dealkylation sites (tertiary alicyclic amines) is 1. The number of nitrogens with one attached hydrogen (secondary N) is 1. The van der Waals surface area contributed by atoms with Crippen molar-refractivity contribution in [2.75, 3.05) is 26.7 Å². The van der Waals surface area contributed by atoms with E-state index in [-0.39, 0.29) is 11.9 Å². The van der Waals surface area contributed by atoms with Gasteiger partial charge >= 0.3 is 5.97 Å². The average molecular weight is 280 g/mol. The van der Waals surface area contributed by atoms with E-state index in [9.17, 15) is 4.79 Å². The van der Waals surface area contributed by atoms with Gasteiger partial charge < -0.3 is 10.1 Å². The van der Waals surface area contributed by atoms with E-state index in [2.05, 4.69) is 17.1 Å². The molecule has 4 nitrogen and oxygen atoms in total. The maximum absolute atomic E-state index is 11.9. The summed E-state index contributed by atoms with van der Waals surface area (Å²) in [5.41, 5.74) is 0. The van der Waals surface area contributed by atoms with Gasteiger partial charge in [0.25, 0.3) is 0 Å². The minimum absolute atomic E-state index is 0.0279. The van der Waals surface area contributed by atoms with Crippen molar-refractivity contribution >= 4 is 5.97 Å². The van der Waals surface area contributed by atoms with Gasteiger partial charge in [-0.25, -0.2) is 0 Å². The first-order chi connectivity index (χ1) is 9.67. The molecule has 1 heterocycles. The Balaban J connectivity index is 1.59. The molecule has 114 valence electrons. The first-order valence-corrected chi connectivity index (χ1v) is 8.22. The van der Waals surface area contributed by atoms with Crippen molar-refractivity contribution < 1.29 is 9.53 Å². The Kier molecular flexibility index (Phi) is 4.32. The van der Waals surface area contributed by atoms with Crippen molar-refractivity contribution in [3.05, 3.63) is 0 Å². The van der Waals surface area contributed by atoms with Crippen molar-refractivity contribution in [2.24, 2.45) is 17.8 Å². The number of nitrogens with zero attached hydrogens (tertiary/aromatic N) is 1. The third kappa shape index (κ3) is 3.17. The molecule has 2 saturated carbocycles. The molecule has 1 N–H and O–H groups in total. The van der Waals surface area contributed by atoms with Crippen molar-refractivity contribution in [2.45, 2.75) is 51.1 Å². The monoisotopic (exact) mass is 280 g/mol. The molecule has 4 heteroatoms. The SMILES string of the molecule is COC(=O)C1CC(NCC2CC2)CN(C2CCC2C)C1. The minimum atomic E-state index is -0.0279. The molecule has 0 aromatic heterocycles. The molecule has 4 atom stereocenters. The number of esters is 1. The summed E-state index contributed by atoms with van der Waals surface area (Å²) in [7, 11) is 1.51. The summed E-state index contributed by atoms with van der Waals surface area (Å²) in [6.07, 6.45) is 6.33. The van der Waals surface area contributed by atoms with Crippen LogP contribution in [0.25, 0.3) is 0 Å². The van der Waals surface area contributed by atoms with E-state index in [4.69, 9.17) is 4.74 Å². The maximum atomic E-state index is 11.9. The van der Waals surface area contributed by atoms with Crippen LogP contribution in [-0.4, -0.2) is 49.7 Å². The van der Waals surface area contributed by atoms with E-state index < -0.39 is 0 Å². The largest absolute Gasteiger partial charge is 0.469 e. The van der Waals surface area contributed by atoms with Gasteiger partial charge in [-0.3, -0.25) is 9.69 Å². The highest BCUT2D eigenvalue weighted by atomic mass is 16.5. The third-order valence-electron chi connectivity index (χ3n) is 5.45. The van der Waals surface area contributed by atoms with Crippen LogP contribution in [-0.2, 0) is 9.53 Å². The molecule has 1 saturated heterocycles. The van der Waals surface area contributed by atoms with Crippen LogP contribution in [0.3, 0.4) is 0 Å².